The Balaban J connectivity index is 2.56. The van der Waals surface area contributed by atoms with E-state index in [1.54, 1.807) is 0 Å². The Bertz CT molecular complexity index is 1130. The third-order valence-electron chi connectivity index (χ3n) is 6.74. The van der Waals surface area contributed by atoms with Gasteiger partial charge in [0.15, 0.2) is 11.6 Å². The summed E-state index contributed by atoms with van der Waals surface area (Å²) in [5.74, 6) is -3.27. The van der Waals surface area contributed by atoms with Gasteiger partial charge in [0.1, 0.15) is 0 Å². The second-order valence-corrected chi connectivity index (χ2v) is 9.76. The third kappa shape index (κ3) is 5.87. The maximum absolute atomic E-state index is 13.5. The van der Waals surface area contributed by atoms with Crippen molar-refractivity contribution in [3.05, 3.63) is 68.8 Å². The van der Waals surface area contributed by atoms with Crippen molar-refractivity contribution in [3.8, 4) is 0 Å². The van der Waals surface area contributed by atoms with Crippen molar-refractivity contribution in [1.82, 2.24) is 0 Å². The lowest BCUT2D eigenvalue weighted by Crippen LogP contribution is -2.44. The van der Waals surface area contributed by atoms with Crippen LogP contribution in [0.2, 0.25) is 0 Å². The third-order valence-corrected chi connectivity index (χ3v) is 6.74. The zero-order valence-corrected chi connectivity index (χ0v) is 22.3. The van der Waals surface area contributed by atoms with Gasteiger partial charge in [0.2, 0.25) is 0 Å². The number of methoxy groups -OCH3 is 2. The number of benzene rings is 2. The lowest BCUT2D eigenvalue weighted by Gasteiger charge is -2.33. The number of esters is 2. The molecule has 0 bridgehead atoms. The second-order valence-electron chi connectivity index (χ2n) is 9.76. The maximum Gasteiger partial charge on any atom is 0.312 e. The number of hydrogen-bond donors (Lipinski definition) is 0. The molecule has 0 heterocycles. The van der Waals surface area contributed by atoms with Crippen LogP contribution in [0.1, 0.15) is 73.9 Å². The number of hydrogen-bond acceptors (Lipinski definition) is 6. The molecule has 2 aromatic carbocycles. The summed E-state index contributed by atoms with van der Waals surface area (Å²) in [5.41, 5.74) is 4.61. The zero-order chi connectivity index (χ0) is 26.7. The highest BCUT2D eigenvalue weighted by Crippen LogP contribution is 2.39. The fraction of sp³-hybridized carbons (Fsp3) is 0.448. The lowest BCUT2D eigenvalue weighted by molar-refractivity contribution is -0.165. The molecule has 188 valence electrons. The first-order chi connectivity index (χ1) is 16.3. The van der Waals surface area contributed by atoms with Gasteiger partial charge in [0.25, 0.3) is 0 Å². The summed E-state index contributed by atoms with van der Waals surface area (Å²) in [7, 11) is 2.41. The topological polar surface area (TPSA) is 86.7 Å². The number of aryl methyl sites for hydroxylation is 6. The van der Waals surface area contributed by atoms with Crippen molar-refractivity contribution in [2.24, 2.45) is 11.3 Å². The molecular weight excluding hydrogens is 444 g/mol. The van der Waals surface area contributed by atoms with E-state index in [-0.39, 0.29) is 24.4 Å². The Morgan fingerprint density at radius 1 is 0.714 bits per heavy atom. The van der Waals surface area contributed by atoms with Crippen molar-refractivity contribution in [2.75, 3.05) is 14.2 Å². The van der Waals surface area contributed by atoms with E-state index in [4.69, 9.17) is 9.47 Å². The number of rotatable bonds is 9. The molecular formula is C29H36O6. The van der Waals surface area contributed by atoms with E-state index in [0.717, 1.165) is 33.4 Å². The fourth-order valence-corrected chi connectivity index (χ4v) is 5.23. The number of carbonyl (C=O) groups is 4. The minimum Gasteiger partial charge on any atom is -0.469 e. The van der Waals surface area contributed by atoms with Gasteiger partial charge in [-0.2, -0.15) is 0 Å². The molecule has 0 radical (unpaired) electrons. The normalized spacial score (nSPS) is 13.5. The molecule has 2 aromatic rings. The highest BCUT2D eigenvalue weighted by molar-refractivity contribution is 6.04. The number of carbonyl (C=O) groups excluding carboxylic acids is 4. The summed E-state index contributed by atoms with van der Waals surface area (Å²) < 4.78 is 10.1. The fourth-order valence-electron chi connectivity index (χ4n) is 5.23. The summed E-state index contributed by atoms with van der Waals surface area (Å²) in [6, 6.07) is 7.61. The van der Waals surface area contributed by atoms with Gasteiger partial charge < -0.3 is 9.47 Å². The molecule has 0 fully saturated rings. The predicted octanol–water partition coefficient (Wildman–Crippen LogP) is 5.35. The van der Waals surface area contributed by atoms with Gasteiger partial charge in [0, 0.05) is 24.0 Å². The average Bonchev–Trinajstić information content (AvgIpc) is 2.74. The second kappa shape index (κ2) is 11.0. The first-order valence-electron chi connectivity index (χ1n) is 11.6. The molecule has 0 aliphatic heterocycles. The molecule has 0 N–H and O–H groups in total. The molecule has 2 unspecified atom stereocenters. The van der Waals surface area contributed by atoms with Crippen molar-refractivity contribution in [2.45, 2.75) is 61.3 Å². The monoisotopic (exact) mass is 480 g/mol. The number of ketones is 2. The van der Waals surface area contributed by atoms with Crippen LogP contribution in [-0.2, 0) is 19.1 Å². The first kappa shape index (κ1) is 28.0. The minimum absolute atomic E-state index is 0.290. The molecule has 35 heavy (non-hydrogen) atoms. The van der Waals surface area contributed by atoms with E-state index < -0.39 is 23.3 Å². The standard InChI is InChI=1S/C29H36O6/c1-16-10-18(3)25(19(4)11-16)23(30)14-22(27(32)34-8)29(7,28(33)35-9)15-24(31)26-20(5)12-17(2)13-21(26)6/h10-13,22H,14-15H2,1-9H3. The molecule has 6 nitrogen and oxygen atoms in total. The van der Waals surface area contributed by atoms with E-state index in [1.165, 1.54) is 21.1 Å². The van der Waals surface area contributed by atoms with Crippen LogP contribution < -0.4 is 0 Å². The van der Waals surface area contributed by atoms with Gasteiger partial charge in [-0.3, -0.25) is 19.2 Å². The molecule has 0 aliphatic carbocycles. The first-order valence-corrected chi connectivity index (χ1v) is 11.6. The molecule has 0 aliphatic rings. The summed E-state index contributed by atoms with van der Waals surface area (Å²) in [6.07, 6.45) is -0.592. The Hall–Kier alpha value is -3.28. The van der Waals surface area contributed by atoms with Crippen molar-refractivity contribution in [3.63, 3.8) is 0 Å². The molecule has 0 saturated carbocycles. The quantitative estimate of drug-likeness (QED) is 0.355. The van der Waals surface area contributed by atoms with E-state index in [0.29, 0.717) is 11.1 Å². The van der Waals surface area contributed by atoms with E-state index >= 15 is 0 Å². The van der Waals surface area contributed by atoms with Gasteiger partial charge in [-0.25, -0.2) is 0 Å². The van der Waals surface area contributed by atoms with Gasteiger partial charge >= 0.3 is 11.9 Å². The lowest BCUT2D eigenvalue weighted by atomic mass is 9.69. The highest BCUT2D eigenvalue weighted by Gasteiger charge is 2.49. The molecule has 0 aromatic heterocycles. The molecule has 0 spiro atoms. The van der Waals surface area contributed by atoms with E-state index in [1.807, 2.05) is 65.8 Å². The van der Waals surface area contributed by atoms with Crippen LogP contribution >= 0.6 is 0 Å². The minimum atomic E-state index is -1.61. The van der Waals surface area contributed by atoms with E-state index in [2.05, 4.69) is 0 Å². The van der Waals surface area contributed by atoms with Crippen LogP contribution in [0.5, 0.6) is 0 Å². The summed E-state index contributed by atoms with van der Waals surface area (Å²) in [6.45, 7) is 12.7. The zero-order valence-electron chi connectivity index (χ0n) is 22.3. The van der Waals surface area contributed by atoms with Crippen LogP contribution in [0.25, 0.3) is 0 Å². The average molecular weight is 481 g/mol. The summed E-state index contributed by atoms with van der Waals surface area (Å²) >= 11 is 0. The highest BCUT2D eigenvalue weighted by atomic mass is 16.5. The predicted molar refractivity (Wildman–Crippen MR) is 135 cm³/mol. The van der Waals surface area contributed by atoms with Crippen LogP contribution in [0, 0.1) is 52.9 Å². The largest absolute Gasteiger partial charge is 0.469 e. The van der Waals surface area contributed by atoms with Gasteiger partial charge in [0.05, 0.1) is 25.6 Å². The van der Waals surface area contributed by atoms with Gasteiger partial charge in [-0.1, -0.05) is 35.4 Å². The number of ether oxygens (including phenoxy) is 2. The molecule has 2 atom stereocenters. The van der Waals surface area contributed by atoms with Crippen molar-refractivity contribution < 1.29 is 28.7 Å². The summed E-state index contributed by atoms with van der Waals surface area (Å²) in [5, 5.41) is 0. The Labute approximate surface area is 208 Å². The van der Waals surface area contributed by atoms with E-state index in [9.17, 15) is 19.2 Å². The van der Waals surface area contributed by atoms with Crippen LogP contribution in [0.4, 0.5) is 0 Å². The van der Waals surface area contributed by atoms with Crippen LogP contribution in [0.3, 0.4) is 0 Å². The Kier molecular flexibility index (Phi) is 8.77. The molecule has 0 amide bonds. The Morgan fingerprint density at radius 2 is 1.11 bits per heavy atom. The smallest absolute Gasteiger partial charge is 0.312 e. The van der Waals surface area contributed by atoms with Gasteiger partial charge in [-0.05, 0) is 70.7 Å². The number of Topliss-reactive ketones (excluding diaryl/α,β-unsaturated/α-hetero) is 2. The van der Waals surface area contributed by atoms with Crippen LogP contribution in [-0.4, -0.2) is 37.7 Å². The van der Waals surface area contributed by atoms with Crippen LogP contribution in [0.15, 0.2) is 24.3 Å². The molecule has 6 heteroatoms. The van der Waals surface area contributed by atoms with Gasteiger partial charge in [-0.15, -0.1) is 0 Å². The molecule has 0 saturated heterocycles. The van der Waals surface area contributed by atoms with Crippen molar-refractivity contribution >= 4 is 23.5 Å². The summed E-state index contributed by atoms with van der Waals surface area (Å²) in [4.78, 5) is 53.0. The van der Waals surface area contributed by atoms with Crippen molar-refractivity contribution in [1.29, 1.82) is 0 Å². The Morgan fingerprint density at radius 3 is 1.49 bits per heavy atom. The molecule has 2 rings (SSSR count). The maximum atomic E-state index is 13.5. The SMILES string of the molecule is COC(=O)C(CC(=O)c1c(C)cc(C)cc1C)C(C)(CC(=O)c1c(C)cc(C)cc1C)C(=O)OC.